The van der Waals surface area contributed by atoms with Crippen molar-refractivity contribution in [1.82, 2.24) is 5.32 Å². The molecular formula is C14H30N2O3. The van der Waals surface area contributed by atoms with E-state index in [2.05, 4.69) is 23.9 Å². The van der Waals surface area contributed by atoms with Crippen molar-refractivity contribution in [2.75, 3.05) is 26.8 Å². The lowest BCUT2D eigenvalue weighted by Crippen LogP contribution is -2.36. The second kappa shape index (κ2) is 8.51. The van der Waals surface area contributed by atoms with Gasteiger partial charge < -0.3 is 20.5 Å². The molecule has 0 saturated heterocycles. The number of esters is 1. The number of hydrogen-bond donors (Lipinski definition) is 2. The summed E-state index contributed by atoms with van der Waals surface area (Å²) in [5, 5.41) is 3.21. The zero-order valence-corrected chi connectivity index (χ0v) is 13.0. The molecule has 5 nitrogen and oxygen atoms in total. The Morgan fingerprint density at radius 3 is 2.32 bits per heavy atom. The average Bonchev–Trinajstić information content (AvgIpc) is 2.25. The summed E-state index contributed by atoms with van der Waals surface area (Å²) in [5.41, 5.74) is 5.55. The standard InChI is InChI=1S/C14H30N2O3/c1-13(2,15)8-11-19-14(3,4)7-10-16-9-6-12(17)18-5/h16H,6-11,15H2,1-5H3. The molecule has 0 aliphatic carbocycles. The van der Waals surface area contributed by atoms with Crippen LogP contribution in [0.25, 0.3) is 0 Å². The van der Waals surface area contributed by atoms with Crippen molar-refractivity contribution in [2.45, 2.75) is 58.1 Å². The predicted molar refractivity (Wildman–Crippen MR) is 77.0 cm³/mol. The van der Waals surface area contributed by atoms with Crippen LogP contribution in [-0.4, -0.2) is 43.9 Å². The van der Waals surface area contributed by atoms with Crippen LogP contribution in [-0.2, 0) is 14.3 Å². The maximum atomic E-state index is 10.9. The number of nitrogens with two attached hydrogens (primary N) is 1. The quantitative estimate of drug-likeness (QED) is 0.466. The Hall–Kier alpha value is -0.650. The third-order valence-corrected chi connectivity index (χ3v) is 2.88. The van der Waals surface area contributed by atoms with Crippen molar-refractivity contribution in [3.05, 3.63) is 0 Å². The van der Waals surface area contributed by atoms with E-state index in [1.165, 1.54) is 7.11 Å². The number of nitrogens with one attached hydrogen (secondary N) is 1. The molecule has 0 radical (unpaired) electrons. The third-order valence-electron chi connectivity index (χ3n) is 2.88. The first-order chi connectivity index (χ1) is 8.66. The SMILES string of the molecule is COC(=O)CCNCCC(C)(C)OCCC(C)(C)N. The summed E-state index contributed by atoms with van der Waals surface area (Å²) < 4.78 is 10.4. The number of rotatable bonds is 10. The van der Waals surface area contributed by atoms with Gasteiger partial charge in [-0.15, -0.1) is 0 Å². The van der Waals surface area contributed by atoms with Crippen molar-refractivity contribution in [3.8, 4) is 0 Å². The van der Waals surface area contributed by atoms with E-state index in [0.717, 1.165) is 19.4 Å². The molecule has 5 heteroatoms. The Kier molecular flexibility index (Phi) is 8.22. The maximum Gasteiger partial charge on any atom is 0.306 e. The van der Waals surface area contributed by atoms with E-state index >= 15 is 0 Å². The highest BCUT2D eigenvalue weighted by Gasteiger charge is 2.19. The number of methoxy groups -OCH3 is 1. The molecule has 0 amide bonds. The van der Waals surface area contributed by atoms with Crippen molar-refractivity contribution in [3.63, 3.8) is 0 Å². The molecule has 0 aliphatic rings. The van der Waals surface area contributed by atoms with Gasteiger partial charge >= 0.3 is 5.97 Å². The number of ether oxygens (including phenoxy) is 2. The number of carbonyl (C=O) groups is 1. The fourth-order valence-electron chi connectivity index (χ4n) is 1.47. The Balaban J connectivity index is 3.64. The van der Waals surface area contributed by atoms with E-state index in [9.17, 15) is 4.79 Å². The summed E-state index contributed by atoms with van der Waals surface area (Å²) >= 11 is 0. The lowest BCUT2D eigenvalue weighted by molar-refractivity contribution is -0.140. The van der Waals surface area contributed by atoms with E-state index in [4.69, 9.17) is 10.5 Å². The molecule has 0 spiro atoms. The van der Waals surface area contributed by atoms with Crippen LogP contribution in [0, 0.1) is 0 Å². The molecule has 19 heavy (non-hydrogen) atoms. The minimum atomic E-state index is -0.187. The number of carbonyl (C=O) groups excluding carboxylic acids is 1. The smallest absolute Gasteiger partial charge is 0.306 e. The minimum absolute atomic E-state index is 0.177. The molecule has 0 saturated carbocycles. The molecule has 0 bridgehead atoms. The van der Waals surface area contributed by atoms with Crippen LogP contribution in [0.2, 0.25) is 0 Å². The molecule has 0 aliphatic heterocycles. The molecule has 0 fully saturated rings. The summed E-state index contributed by atoms with van der Waals surface area (Å²) in [5.74, 6) is -0.187. The summed E-state index contributed by atoms with van der Waals surface area (Å²) in [4.78, 5) is 10.9. The lowest BCUT2D eigenvalue weighted by atomic mass is 10.0. The monoisotopic (exact) mass is 274 g/mol. The Bertz CT molecular complexity index is 260. The Morgan fingerprint density at radius 1 is 1.16 bits per heavy atom. The summed E-state index contributed by atoms with van der Waals surface area (Å²) in [6.45, 7) is 10.2. The molecule has 3 N–H and O–H groups in total. The molecule has 0 aromatic heterocycles. The summed E-state index contributed by atoms with van der Waals surface area (Å²) in [6, 6.07) is 0. The highest BCUT2D eigenvalue weighted by Crippen LogP contribution is 2.15. The first-order valence-corrected chi connectivity index (χ1v) is 6.87. The zero-order valence-electron chi connectivity index (χ0n) is 13.0. The first-order valence-electron chi connectivity index (χ1n) is 6.87. The van der Waals surface area contributed by atoms with E-state index < -0.39 is 0 Å². The zero-order chi connectivity index (χ0) is 14.9. The van der Waals surface area contributed by atoms with Crippen LogP contribution in [0.4, 0.5) is 0 Å². The second-order valence-corrected chi connectivity index (χ2v) is 6.17. The topological polar surface area (TPSA) is 73.6 Å². The van der Waals surface area contributed by atoms with E-state index in [-0.39, 0.29) is 17.1 Å². The molecule has 114 valence electrons. The van der Waals surface area contributed by atoms with Gasteiger partial charge in [0, 0.05) is 18.7 Å². The van der Waals surface area contributed by atoms with Gasteiger partial charge in [-0.25, -0.2) is 0 Å². The van der Waals surface area contributed by atoms with Gasteiger partial charge in [0.2, 0.25) is 0 Å². The Morgan fingerprint density at radius 2 is 1.79 bits per heavy atom. The van der Waals surface area contributed by atoms with Crippen molar-refractivity contribution >= 4 is 5.97 Å². The van der Waals surface area contributed by atoms with Crippen molar-refractivity contribution in [2.24, 2.45) is 5.73 Å². The minimum Gasteiger partial charge on any atom is -0.469 e. The van der Waals surface area contributed by atoms with Gasteiger partial charge in [0.15, 0.2) is 0 Å². The average molecular weight is 274 g/mol. The van der Waals surface area contributed by atoms with E-state index in [1.54, 1.807) is 0 Å². The maximum absolute atomic E-state index is 10.9. The van der Waals surface area contributed by atoms with Crippen molar-refractivity contribution < 1.29 is 14.3 Å². The highest BCUT2D eigenvalue weighted by molar-refractivity contribution is 5.69. The predicted octanol–water partition coefficient (Wildman–Crippen LogP) is 1.45. The molecule has 0 aromatic rings. The molecule has 0 atom stereocenters. The van der Waals surface area contributed by atoms with Crippen LogP contribution in [0.5, 0.6) is 0 Å². The third kappa shape index (κ3) is 12.1. The second-order valence-electron chi connectivity index (χ2n) is 6.17. The normalized spacial score (nSPS) is 12.5. The van der Waals surface area contributed by atoms with Crippen molar-refractivity contribution in [1.29, 1.82) is 0 Å². The largest absolute Gasteiger partial charge is 0.469 e. The van der Waals surface area contributed by atoms with E-state index in [1.807, 2.05) is 13.8 Å². The van der Waals surface area contributed by atoms with Gasteiger partial charge in [-0.2, -0.15) is 0 Å². The fraction of sp³-hybridized carbons (Fsp3) is 0.929. The van der Waals surface area contributed by atoms with Crippen LogP contribution in [0.3, 0.4) is 0 Å². The highest BCUT2D eigenvalue weighted by atomic mass is 16.5. The Labute approximate surface area is 117 Å². The van der Waals surface area contributed by atoms with Gasteiger partial charge in [-0.1, -0.05) is 0 Å². The molecule has 0 heterocycles. The van der Waals surface area contributed by atoms with Gasteiger partial charge in [0.25, 0.3) is 0 Å². The summed E-state index contributed by atoms with van der Waals surface area (Å²) in [7, 11) is 1.40. The first kappa shape index (κ1) is 18.4. The van der Waals surface area contributed by atoms with Gasteiger partial charge in [-0.3, -0.25) is 4.79 Å². The summed E-state index contributed by atoms with van der Waals surface area (Å²) in [6.07, 6.45) is 2.13. The molecule has 0 unspecified atom stereocenters. The van der Waals surface area contributed by atoms with Gasteiger partial charge in [-0.05, 0) is 47.1 Å². The lowest BCUT2D eigenvalue weighted by Gasteiger charge is -2.27. The van der Waals surface area contributed by atoms with E-state index in [0.29, 0.717) is 19.6 Å². The molecule has 0 aromatic carbocycles. The van der Waals surface area contributed by atoms with Crippen LogP contribution >= 0.6 is 0 Å². The molecule has 0 rings (SSSR count). The fourth-order valence-corrected chi connectivity index (χ4v) is 1.47. The number of hydrogen-bond acceptors (Lipinski definition) is 5. The molecular weight excluding hydrogens is 244 g/mol. The van der Waals surface area contributed by atoms with Crippen LogP contribution in [0.1, 0.15) is 47.0 Å². The van der Waals surface area contributed by atoms with Gasteiger partial charge in [0.1, 0.15) is 0 Å². The van der Waals surface area contributed by atoms with Crippen LogP contribution in [0.15, 0.2) is 0 Å². The van der Waals surface area contributed by atoms with Crippen LogP contribution < -0.4 is 11.1 Å². The van der Waals surface area contributed by atoms with Gasteiger partial charge in [0.05, 0.1) is 19.1 Å².